The third kappa shape index (κ3) is 4.95. The molecule has 1 unspecified atom stereocenters. The Morgan fingerprint density at radius 1 is 1.17 bits per heavy atom. The van der Waals surface area contributed by atoms with Crippen LogP contribution in [0, 0.1) is 0 Å². The summed E-state index contributed by atoms with van der Waals surface area (Å²) in [5, 5.41) is 14.0. The van der Waals surface area contributed by atoms with Crippen LogP contribution in [-0.4, -0.2) is 23.0 Å². The molecule has 0 radical (unpaired) electrons. The van der Waals surface area contributed by atoms with Crippen LogP contribution in [0.2, 0.25) is 0 Å². The van der Waals surface area contributed by atoms with E-state index in [1.807, 2.05) is 36.4 Å². The number of amides is 1. The van der Waals surface area contributed by atoms with Crippen LogP contribution < -0.4 is 5.32 Å². The van der Waals surface area contributed by atoms with Crippen molar-refractivity contribution >= 4 is 22.6 Å². The van der Waals surface area contributed by atoms with Crippen LogP contribution in [0.15, 0.2) is 55.1 Å². The lowest BCUT2D eigenvalue weighted by Gasteiger charge is -2.13. The van der Waals surface area contributed by atoms with Gasteiger partial charge in [0, 0.05) is 6.42 Å². The standard InChI is InChI=1S/C19H21NO3/c1-2-3-8-17(19(22)23)20-18(21)12-10-14-9-11-15-6-4-5-7-16(15)13-14/h2,4-7,9,11,13,17H,1,3,8,10,12H2,(H,20,21)(H,22,23). The highest BCUT2D eigenvalue weighted by Gasteiger charge is 2.18. The van der Waals surface area contributed by atoms with E-state index in [0.717, 1.165) is 16.3 Å². The molecule has 120 valence electrons. The summed E-state index contributed by atoms with van der Waals surface area (Å²) in [6.07, 6.45) is 3.43. The molecule has 0 spiro atoms. The fourth-order valence-electron chi connectivity index (χ4n) is 2.46. The fraction of sp³-hybridized carbons (Fsp3) is 0.263. The predicted octanol–water partition coefficient (Wildman–Crippen LogP) is 3.31. The summed E-state index contributed by atoms with van der Waals surface area (Å²) in [5.74, 6) is -1.25. The monoisotopic (exact) mass is 311 g/mol. The van der Waals surface area contributed by atoms with Crippen molar-refractivity contribution in [2.24, 2.45) is 0 Å². The van der Waals surface area contributed by atoms with E-state index < -0.39 is 12.0 Å². The molecule has 2 aromatic rings. The van der Waals surface area contributed by atoms with Gasteiger partial charge in [-0.2, -0.15) is 0 Å². The summed E-state index contributed by atoms with van der Waals surface area (Å²) in [7, 11) is 0. The average molecular weight is 311 g/mol. The Bertz CT molecular complexity index is 709. The molecule has 4 nitrogen and oxygen atoms in total. The molecule has 0 aliphatic heterocycles. The molecule has 23 heavy (non-hydrogen) atoms. The van der Waals surface area contributed by atoms with Gasteiger partial charge in [0.15, 0.2) is 0 Å². The van der Waals surface area contributed by atoms with Gasteiger partial charge >= 0.3 is 5.97 Å². The van der Waals surface area contributed by atoms with Crippen LogP contribution in [0.5, 0.6) is 0 Å². The van der Waals surface area contributed by atoms with Crippen LogP contribution in [0.4, 0.5) is 0 Å². The van der Waals surface area contributed by atoms with Gasteiger partial charge in [0.05, 0.1) is 0 Å². The minimum absolute atomic E-state index is 0.241. The molecule has 2 N–H and O–H groups in total. The number of fused-ring (bicyclic) bond motifs is 1. The molecule has 0 saturated carbocycles. The molecular weight excluding hydrogens is 290 g/mol. The summed E-state index contributed by atoms with van der Waals surface area (Å²) >= 11 is 0. The van der Waals surface area contributed by atoms with Crippen LogP contribution in [0.1, 0.15) is 24.8 Å². The minimum Gasteiger partial charge on any atom is -0.480 e. The number of rotatable bonds is 8. The SMILES string of the molecule is C=CCCC(NC(=O)CCc1ccc2ccccc2c1)C(=O)O. The van der Waals surface area contributed by atoms with E-state index >= 15 is 0 Å². The highest BCUT2D eigenvalue weighted by atomic mass is 16.4. The van der Waals surface area contributed by atoms with Gasteiger partial charge in [-0.15, -0.1) is 6.58 Å². The van der Waals surface area contributed by atoms with Crippen molar-refractivity contribution in [1.82, 2.24) is 5.32 Å². The predicted molar refractivity (Wildman–Crippen MR) is 91.3 cm³/mol. The Morgan fingerprint density at radius 2 is 1.91 bits per heavy atom. The molecule has 1 amide bonds. The average Bonchev–Trinajstić information content (AvgIpc) is 2.56. The summed E-state index contributed by atoms with van der Waals surface area (Å²) < 4.78 is 0. The number of aliphatic carboxylic acids is 1. The summed E-state index contributed by atoms with van der Waals surface area (Å²) in [6, 6.07) is 13.3. The molecule has 0 aliphatic carbocycles. The Hall–Kier alpha value is -2.62. The number of aryl methyl sites for hydroxylation is 1. The van der Waals surface area contributed by atoms with Gasteiger partial charge in [-0.3, -0.25) is 4.79 Å². The first-order valence-electron chi connectivity index (χ1n) is 7.71. The molecule has 0 bridgehead atoms. The van der Waals surface area contributed by atoms with Gasteiger partial charge in [0.2, 0.25) is 5.91 Å². The van der Waals surface area contributed by atoms with Gasteiger partial charge < -0.3 is 10.4 Å². The maximum Gasteiger partial charge on any atom is 0.326 e. The molecule has 0 aromatic heterocycles. The van der Waals surface area contributed by atoms with Gasteiger partial charge in [-0.25, -0.2) is 4.79 Å². The van der Waals surface area contributed by atoms with Crippen LogP contribution >= 0.6 is 0 Å². The maximum atomic E-state index is 12.0. The van der Waals surface area contributed by atoms with Crippen molar-refractivity contribution in [1.29, 1.82) is 0 Å². The zero-order chi connectivity index (χ0) is 16.7. The fourth-order valence-corrected chi connectivity index (χ4v) is 2.46. The third-order valence-electron chi connectivity index (χ3n) is 3.75. The van der Waals surface area contributed by atoms with Gasteiger partial charge in [-0.05, 0) is 35.6 Å². The molecule has 2 rings (SSSR count). The topological polar surface area (TPSA) is 66.4 Å². The van der Waals surface area contributed by atoms with Crippen molar-refractivity contribution in [2.75, 3.05) is 0 Å². The second-order valence-electron chi connectivity index (χ2n) is 5.51. The minimum atomic E-state index is -1.01. The lowest BCUT2D eigenvalue weighted by Crippen LogP contribution is -2.40. The van der Waals surface area contributed by atoms with E-state index in [-0.39, 0.29) is 12.3 Å². The highest BCUT2D eigenvalue weighted by molar-refractivity contribution is 5.84. The molecule has 0 fully saturated rings. The quantitative estimate of drug-likeness (QED) is 0.735. The van der Waals surface area contributed by atoms with Gasteiger partial charge in [0.25, 0.3) is 0 Å². The van der Waals surface area contributed by atoms with Crippen molar-refractivity contribution in [3.05, 3.63) is 60.7 Å². The number of carbonyl (C=O) groups is 2. The molecule has 0 aliphatic rings. The number of carbonyl (C=O) groups excluding carboxylic acids is 1. The molecule has 0 heterocycles. The number of benzene rings is 2. The van der Waals surface area contributed by atoms with Crippen LogP contribution in [-0.2, 0) is 16.0 Å². The Labute approximate surface area is 135 Å². The molecular formula is C19H21NO3. The smallest absolute Gasteiger partial charge is 0.326 e. The molecule has 4 heteroatoms. The largest absolute Gasteiger partial charge is 0.480 e. The molecule has 0 saturated heterocycles. The Kier molecular flexibility index (Phi) is 5.92. The number of hydrogen-bond acceptors (Lipinski definition) is 2. The van der Waals surface area contributed by atoms with E-state index in [9.17, 15) is 9.59 Å². The number of nitrogens with one attached hydrogen (secondary N) is 1. The highest BCUT2D eigenvalue weighted by Crippen LogP contribution is 2.16. The lowest BCUT2D eigenvalue weighted by molar-refractivity contribution is -0.142. The summed E-state index contributed by atoms with van der Waals surface area (Å²) in [6.45, 7) is 3.57. The zero-order valence-electron chi connectivity index (χ0n) is 13.0. The van der Waals surface area contributed by atoms with Crippen LogP contribution in [0.3, 0.4) is 0 Å². The second kappa shape index (κ2) is 8.13. The molecule has 2 aromatic carbocycles. The van der Waals surface area contributed by atoms with Crippen molar-refractivity contribution in [2.45, 2.75) is 31.7 Å². The number of allylic oxidation sites excluding steroid dienone is 1. The zero-order valence-corrected chi connectivity index (χ0v) is 13.0. The van der Waals surface area contributed by atoms with Crippen LogP contribution in [0.25, 0.3) is 10.8 Å². The summed E-state index contributed by atoms with van der Waals surface area (Å²) in [5.41, 5.74) is 1.07. The summed E-state index contributed by atoms with van der Waals surface area (Å²) in [4.78, 5) is 23.1. The third-order valence-corrected chi connectivity index (χ3v) is 3.75. The van der Waals surface area contributed by atoms with Crippen molar-refractivity contribution in [3.63, 3.8) is 0 Å². The molecule has 1 atom stereocenters. The van der Waals surface area contributed by atoms with Crippen molar-refractivity contribution < 1.29 is 14.7 Å². The van der Waals surface area contributed by atoms with E-state index in [0.29, 0.717) is 19.3 Å². The van der Waals surface area contributed by atoms with E-state index in [1.54, 1.807) is 6.08 Å². The normalized spacial score (nSPS) is 11.8. The van der Waals surface area contributed by atoms with Gasteiger partial charge in [0.1, 0.15) is 6.04 Å². The second-order valence-corrected chi connectivity index (χ2v) is 5.51. The van der Waals surface area contributed by atoms with E-state index in [2.05, 4.69) is 18.0 Å². The van der Waals surface area contributed by atoms with Gasteiger partial charge in [-0.1, -0.05) is 48.5 Å². The van der Waals surface area contributed by atoms with Crippen molar-refractivity contribution in [3.8, 4) is 0 Å². The number of hydrogen-bond donors (Lipinski definition) is 2. The first kappa shape index (κ1) is 16.7. The first-order valence-corrected chi connectivity index (χ1v) is 7.71. The Balaban J connectivity index is 1.91. The van der Waals surface area contributed by atoms with E-state index in [4.69, 9.17) is 5.11 Å². The number of carboxylic acid groups (broad SMARTS) is 1. The lowest BCUT2D eigenvalue weighted by atomic mass is 10.0. The van der Waals surface area contributed by atoms with E-state index in [1.165, 1.54) is 0 Å². The first-order chi connectivity index (χ1) is 11.1. The number of carboxylic acids is 1. The Morgan fingerprint density at radius 3 is 2.61 bits per heavy atom. The maximum absolute atomic E-state index is 12.0.